The summed E-state index contributed by atoms with van der Waals surface area (Å²) in [6.07, 6.45) is 6.81. The van der Waals surface area contributed by atoms with E-state index in [1.165, 1.54) is 4.90 Å². The van der Waals surface area contributed by atoms with Gasteiger partial charge in [-0.2, -0.15) is 0 Å². The fraction of sp³-hybridized carbons (Fsp3) is 0.625. The number of esters is 1. The third kappa shape index (κ3) is 9.68. The van der Waals surface area contributed by atoms with E-state index in [4.69, 9.17) is 9.47 Å². The Hall–Kier alpha value is -2.61. The third-order valence-electron chi connectivity index (χ3n) is 5.16. The lowest BCUT2D eigenvalue weighted by molar-refractivity contribution is -0.150. The van der Waals surface area contributed by atoms with Gasteiger partial charge in [0, 0.05) is 12.1 Å². The Balaban J connectivity index is 2.50. The van der Waals surface area contributed by atoms with Crippen molar-refractivity contribution in [1.82, 2.24) is 10.2 Å². The monoisotopic (exact) mass is 450 g/mol. The minimum absolute atomic E-state index is 0.0629. The number of hydrogen-bond acceptors (Lipinski definition) is 6. The van der Waals surface area contributed by atoms with Crippen LogP contribution in [0.4, 0.5) is 4.79 Å². The predicted molar refractivity (Wildman–Crippen MR) is 123 cm³/mol. The topological polar surface area (TPSA) is 105 Å². The highest BCUT2D eigenvalue weighted by atomic mass is 16.6. The van der Waals surface area contributed by atoms with Gasteiger partial charge >= 0.3 is 12.1 Å². The van der Waals surface area contributed by atoms with Crippen molar-refractivity contribution in [3.63, 3.8) is 0 Å². The van der Waals surface area contributed by atoms with Crippen LogP contribution in [0.5, 0.6) is 0 Å². The Bertz CT molecular complexity index is 697. The van der Waals surface area contributed by atoms with Crippen LogP contribution in [0, 0.1) is 0 Å². The summed E-state index contributed by atoms with van der Waals surface area (Å²) in [4.78, 5) is 37.4. The molecule has 1 aliphatic heterocycles. The molecule has 4 atom stereocenters. The highest BCUT2D eigenvalue weighted by Crippen LogP contribution is 2.27. The molecule has 4 unspecified atom stereocenters. The number of ether oxygens (including phenoxy) is 2. The fourth-order valence-electron chi connectivity index (χ4n) is 3.57. The fourth-order valence-corrected chi connectivity index (χ4v) is 3.57. The van der Waals surface area contributed by atoms with E-state index >= 15 is 0 Å². The maximum absolute atomic E-state index is 12.5. The van der Waals surface area contributed by atoms with E-state index in [0.29, 0.717) is 44.1 Å². The summed E-state index contributed by atoms with van der Waals surface area (Å²) in [5.41, 5.74) is 0.141. The number of rotatable bonds is 12. The highest BCUT2D eigenvalue weighted by molar-refractivity contribution is 5.79. The molecule has 0 aromatic carbocycles. The number of carbonyl (C=O) groups is 3. The second kappa shape index (κ2) is 13.1. The van der Waals surface area contributed by atoms with E-state index < -0.39 is 29.8 Å². The Labute approximate surface area is 191 Å². The van der Waals surface area contributed by atoms with Crippen LogP contribution in [0.15, 0.2) is 37.0 Å². The third-order valence-corrected chi connectivity index (χ3v) is 5.16. The van der Waals surface area contributed by atoms with Crippen molar-refractivity contribution >= 4 is 18.5 Å². The summed E-state index contributed by atoms with van der Waals surface area (Å²) >= 11 is 0. The van der Waals surface area contributed by atoms with Gasteiger partial charge in [0.1, 0.15) is 18.2 Å². The molecule has 0 spiro atoms. The number of allylic oxidation sites excluding steroid dienone is 2. The average molecular weight is 451 g/mol. The second-order valence-corrected chi connectivity index (χ2v) is 9.10. The SMILES string of the molecule is C=C/C=C(\C=C)COC(=O)C1CCC(CC(O)CCC(C)NC(=O)OC(C)(C)C)N1C=O. The second-order valence-electron chi connectivity index (χ2n) is 9.10. The number of aliphatic hydroxyl groups excluding tert-OH is 1. The van der Waals surface area contributed by atoms with E-state index in [1.54, 1.807) is 39.0 Å². The molecule has 1 aliphatic rings. The molecule has 1 rings (SSSR count). The van der Waals surface area contributed by atoms with Gasteiger partial charge in [0.05, 0.1) is 6.10 Å². The number of amides is 2. The van der Waals surface area contributed by atoms with E-state index in [-0.39, 0.29) is 18.7 Å². The molecule has 180 valence electrons. The normalized spacial score (nSPS) is 20.8. The zero-order valence-electron chi connectivity index (χ0n) is 19.7. The van der Waals surface area contributed by atoms with Crippen molar-refractivity contribution in [1.29, 1.82) is 0 Å². The number of nitrogens with zero attached hydrogens (tertiary/aromatic N) is 1. The van der Waals surface area contributed by atoms with Crippen molar-refractivity contribution in [2.45, 2.75) is 89.6 Å². The number of likely N-dealkylation sites (tertiary alicyclic amines) is 1. The van der Waals surface area contributed by atoms with E-state index in [1.807, 2.05) is 6.92 Å². The summed E-state index contributed by atoms with van der Waals surface area (Å²) in [6, 6.07) is -1.07. The van der Waals surface area contributed by atoms with Gasteiger partial charge in [-0.1, -0.05) is 31.4 Å². The highest BCUT2D eigenvalue weighted by Gasteiger charge is 2.38. The zero-order chi connectivity index (χ0) is 24.3. The van der Waals surface area contributed by atoms with Crippen molar-refractivity contribution in [3.8, 4) is 0 Å². The number of hydrogen-bond donors (Lipinski definition) is 2. The lowest BCUT2D eigenvalue weighted by Gasteiger charge is -2.27. The summed E-state index contributed by atoms with van der Waals surface area (Å²) in [5.74, 6) is -0.471. The Morgan fingerprint density at radius 1 is 1.25 bits per heavy atom. The van der Waals surface area contributed by atoms with Crippen LogP contribution in [0.25, 0.3) is 0 Å². The minimum Gasteiger partial charge on any atom is -0.459 e. The molecule has 8 nitrogen and oxygen atoms in total. The zero-order valence-corrected chi connectivity index (χ0v) is 19.7. The average Bonchev–Trinajstić information content (AvgIpc) is 3.10. The Kier molecular flexibility index (Phi) is 11.2. The number of alkyl carbamates (subject to hydrolysis) is 1. The molecule has 32 heavy (non-hydrogen) atoms. The molecule has 0 saturated carbocycles. The first-order valence-electron chi connectivity index (χ1n) is 11.0. The maximum atomic E-state index is 12.5. The van der Waals surface area contributed by atoms with Crippen LogP contribution in [0.3, 0.4) is 0 Å². The number of aliphatic hydroxyl groups is 1. The number of nitrogens with one attached hydrogen (secondary N) is 1. The minimum atomic E-state index is -0.664. The Morgan fingerprint density at radius 2 is 1.94 bits per heavy atom. The molecular formula is C24H38N2O6. The molecule has 0 aromatic heterocycles. The van der Waals surface area contributed by atoms with Crippen LogP contribution in [-0.4, -0.2) is 64.9 Å². The molecule has 0 radical (unpaired) electrons. The molecule has 1 fully saturated rings. The smallest absolute Gasteiger partial charge is 0.407 e. The number of carbonyl (C=O) groups excluding carboxylic acids is 3. The molecule has 8 heteroatoms. The Morgan fingerprint density at radius 3 is 2.50 bits per heavy atom. The van der Waals surface area contributed by atoms with Crippen LogP contribution in [0.1, 0.15) is 59.8 Å². The summed E-state index contributed by atoms with van der Waals surface area (Å²) in [5, 5.41) is 13.2. The van der Waals surface area contributed by atoms with E-state index in [2.05, 4.69) is 18.5 Å². The molecule has 0 bridgehead atoms. The van der Waals surface area contributed by atoms with Crippen LogP contribution < -0.4 is 5.32 Å². The van der Waals surface area contributed by atoms with Crippen LogP contribution in [-0.2, 0) is 19.1 Å². The van der Waals surface area contributed by atoms with Gasteiger partial charge in [0.2, 0.25) is 6.41 Å². The van der Waals surface area contributed by atoms with Gasteiger partial charge in [-0.3, -0.25) is 4.79 Å². The maximum Gasteiger partial charge on any atom is 0.407 e. The van der Waals surface area contributed by atoms with Crippen LogP contribution in [0.2, 0.25) is 0 Å². The lowest BCUT2D eigenvalue weighted by atomic mass is 10.0. The van der Waals surface area contributed by atoms with E-state index in [9.17, 15) is 19.5 Å². The van der Waals surface area contributed by atoms with Gasteiger partial charge < -0.3 is 24.8 Å². The van der Waals surface area contributed by atoms with Gasteiger partial charge in [-0.25, -0.2) is 9.59 Å². The summed E-state index contributed by atoms with van der Waals surface area (Å²) < 4.78 is 10.6. The molecular weight excluding hydrogens is 412 g/mol. The van der Waals surface area contributed by atoms with Gasteiger partial charge in [-0.15, -0.1) is 0 Å². The molecule has 1 heterocycles. The molecule has 1 saturated heterocycles. The standard InChI is InChI=1S/C24H38N2O6/c1-7-9-18(8-2)15-31-22(29)21-13-11-19(26(21)16-27)14-20(28)12-10-17(3)25-23(30)32-24(4,5)6/h7-9,16-17,19-21,28H,1-2,10-15H2,3-6H3,(H,25,30)/b18-9+. The van der Waals surface area contributed by atoms with Crippen molar-refractivity contribution in [2.75, 3.05) is 6.61 Å². The molecule has 2 N–H and O–H groups in total. The van der Waals surface area contributed by atoms with Gasteiger partial charge in [0.25, 0.3) is 0 Å². The molecule has 0 aliphatic carbocycles. The van der Waals surface area contributed by atoms with Gasteiger partial charge in [-0.05, 0) is 65.4 Å². The predicted octanol–water partition coefficient (Wildman–Crippen LogP) is 3.26. The molecule has 2 amide bonds. The first-order valence-corrected chi connectivity index (χ1v) is 11.0. The quantitative estimate of drug-likeness (QED) is 0.269. The largest absolute Gasteiger partial charge is 0.459 e. The van der Waals surface area contributed by atoms with Crippen molar-refractivity contribution < 1.29 is 29.0 Å². The van der Waals surface area contributed by atoms with E-state index in [0.717, 1.165) is 0 Å². The van der Waals surface area contributed by atoms with Crippen molar-refractivity contribution in [3.05, 3.63) is 37.0 Å². The van der Waals surface area contributed by atoms with Gasteiger partial charge in [0.15, 0.2) is 0 Å². The lowest BCUT2D eigenvalue weighted by Crippen LogP contribution is -2.42. The summed E-state index contributed by atoms with van der Waals surface area (Å²) in [7, 11) is 0. The summed E-state index contributed by atoms with van der Waals surface area (Å²) in [6.45, 7) is 14.5. The van der Waals surface area contributed by atoms with Crippen LogP contribution >= 0.6 is 0 Å². The van der Waals surface area contributed by atoms with Crippen molar-refractivity contribution in [2.24, 2.45) is 0 Å². The first-order chi connectivity index (χ1) is 15.0. The molecule has 0 aromatic rings. The first kappa shape index (κ1) is 27.4.